The molecule has 0 bridgehead atoms. The lowest BCUT2D eigenvalue weighted by Gasteiger charge is -2.07. The lowest BCUT2D eigenvalue weighted by molar-refractivity contribution is 0.0952. The summed E-state index contributed by atoms with van der Waals surface area (Å²) in [7, 11) is 0. The van der Waals surface area contributed by atoms with E-state index in [4.69, 9.17) is 11.6 Å². The highest BCUT2D eigenvalue weighted by molar-refractivity contribution is 6.31. The molecule has 0 spiro atoms. The van der Waals surface area contributed by atoms with Gasteiger partial charge in [0.15, 0.2) is 0 Å². The smallest absolute Gasteiger partial charge is 0.275 e. The Morgan fingerprint density at radius 2 is 1.80 bits per heavy atom. The second-order valence-electron chi connectivity index (χ2n) is 5.48. The van der Waals surface area contributed by atoms with Gasteiger partial charge in [-0.05, 0) is 47.5 Å². The first-order valence-corrected chi connectivity index (χ1v) is 7.85. The van der Waals surface area contributed by atoms with Crippen LogP contribution in [0.1, 0.15) is 22.8 Å². The van der Waals surface area contributed by atoms with Gasteiger partial charge in [0.2, 0.25) is 0 Å². The minimum Gasteiger partial charge on any atom is -0.507 e. The van der Waals surface area contributed by atoms with Crippen LogP contribution >= 0.6 is 11.6 Å². The molecule has 0 saturated carbocycles. The molecular formula is C19H14ClFN2O2. The number of aromatic hydroxyl groups is 1. The van der Waals surface area contributed by atoms with Crippen molar-refractivity contribution in [3.8, 4) is 5.75 Å². The fraction of sp³-hybridized carbons (Fsp3) is 0.0526. The topological polar surface area (TPSA) is 61.7 Å². The van der Waals surface area contributed by atoms with Gasteiger partial charge in [-0.15, -0.1) is 0 Å². The van der Waals surface area contributed by atoms with Gasteiger partial charge in [0.1, 0.15) is 11.6 Å². The van der Waals surface area contributed by atoms with E-state index in [-0.39, 0.29) is 16.3 Å². The number of phenolic OH excluding ortho intramolecular Hbond substituents is 1. The largest absolute Gasteiger partial charge is 0.507 e. The summed E-state index contributed by atoms with van der Waals surface area (Å²) in [5.74, 6) is -1.20. The van der Waals surface area contributed by atoms with Crippen molar-refractivity contribution >= 4 is 34.0 Å². The van der Waals surface area contributed by atoms with Crippen LogP contribution in [0.2, 0.25) is 5.02 Å². The SMILES string of the molecule is C/C(=N/NC(=O)c1cc2ccccc2cc1O)c1ccc(F)c(Cl)c1. The van der Waals surface area contributed by atoms with E-state index in [0.717, 1.165) is 10.8 Å². The van der Waals surface area contributed by atoms with Gasteiger partial charge < -0.3 is 5.11 Å². The van der Waals surface area contributed by atoms with Crippen molar-refractivity contribution < 1.29 is 14.3 Å². The zero-order chi connectivity index (χ0) is 18.0. The first-order chi connectivity index (χ1) is 12.0. The number of carbonyl (C=O) groups is 1. The Morgan fingerprint density at radius 3 is 2.48 bits per heavy atom. The molecule has 0 unspecified atom stereocenters. The molecule has 4 nitrogen and oxygen atoms in total. The second-order valence-corrected chi connectivity index (χ2v) is 5.89. The summed E-state index contributed by atoms with van der Waals surface area (Å²) in [6.07, 6.45) is 0. The Labute approximate surface area is 148 Å². The zero-order valence-electron chi connectivity index (χ0n) is 13.3. The van der Waals surface area contributed by atoms with Crippen LogP contribution in [-0.2, 0) is 0 Å². The number of benzene rings is 3. The van der Waals surface area contributed by atoms with Crippen LogP contribution in [0.5, 0.6) is 5.75 Å². The molecule has 3 aromatic rings. The van der Waals surface area contributed by atoms with Crippen molar-refractivity contribution in [3.63, 3.8) is 0 Å². The number of rotatable bonds is 3. The number of nitrogens with one attached hydrogen (secondary N) is 1. The first-order valence-electron chi connectivity index (χ1n) is 7.47. The van der Waals surface area contributed by atoms with Crippen LogP contribution in [0, 0.1) is 5.82 Å². The van der Waals surface area contributed by atoms with Crippen LogP contribution in [-0.4, -0.2) is 16.7 Å². The summed E-state index contributed by atoms with van der Waals surface area (Å²) in [6.45, 7) is 1.66. The van der Waals surface area contributed by atoms with Crippen molar-refractivity contribution in [2.75, 3.05) is 0 Å². The molecule has 0 fully saturated rings. The highest BCUT2D eigenvalue weighted by Crippen LogP contribution is 2.25. The maximum Gasteiger partial charge on any atom is 0.275 e. The molecule has 126 valence electrons. The van der Waals surface area contributed by atoms with E-state index in [0.29, 0.717) is 11.3 Å². The maximum absolute atomic E-state index is 13.2. The van der Waals surface area contributed by atoms with E-state index in [1.165, 1.54) is 24.3 Å². The molecule has 0 aliphatic carbocycles. The summed E-state index contributed by atoms with van der Waals surface area (Å²) in [5.41, 5.74) is 3.54. The highest BCUT2D eigenvalue weighted by atomic mass is 35.5. The summed E-state index contributed by atoms with van der Waals surface area (Å²) in [5, 5.41) is 15.7. The molecule has 6 heteroatoms. The number of fused-ring (bicyclic) bond motifs is 1. The van der Waals surface area contributed by atoms with Gasteiger partial charge in [0.05, 0.1) is 16.3 Å². The van der Waals surface area contributed by atoms with Crippen molar-refractivity contribution in [2.24, 2.45) is 5.10 Å². The number of halogens is 2. The Balaban J connectivity index is 1.84. The average Bonchev–Trinajstić information content (AvgIpc) is 2.61. The van der Waals surface area contributed by atoms with Gasteiger partial charge >= 0.3 is 0 Å². The lowest BCUT2D eigenvalue weighted by atomic mass is 10.1. The van der Waals surface area contributed by atoms with E-state index in [1.54, 1.807) is 13.0 Å². The highest BCUT2D eigenvalue weighted by Gasteiger charge is 2.12. The monoisotopic (exact) mass is 356 g/mol. The predicted octanol–water partition coefficient (Wildman–Crippen LogP) is 4.49. The van der Waals surface area contributed by atoms with Crippen molar-refractivity contribution in [1.82, 2.24) is 5.43 Å². The average molecular weight is 357 g/mol. The Morgan fingerprint density at radius 1 is 1.12 bits per heavy atom. The van der Waals surface area contributed by atoms with E-state index in [9.17, 15) is 14.3 Å². The molecule has 0 heterocycles. The minimum absolute atomic E-state index is 0.0226. The first kappa shape index (κ1) is 16.9. The molecule has 0 atom stereocenters. The van der Waals surface area contributed by atoms with Gasteiger partial charge in [-0.25, -0.2) is 9.82 Å². The fourth-order valence-electron chi connectivity index (χ4n) is 2.39. The molecule has 3 aromatic carbocycles. The molecule has 0 saturated heterocycles. The third-order valence-corrected chi connectivity index (χ3v) is 4.06. The quantitative estimate of drug-likeness (QED) is 0.536. The molecule has 0 radical (unpaired) electrons. The molecule has 3 rings (SSSR count). The Bertz CT molecular complexity index is 1000. The van der Waals surface area contributed by atoms with Crippen molar-refractivity contribution in [2.45, 2.75) is 6.92 Å². The Hall–Kier alpha value is -2.92. The predicted molar refractivity (Wildman–Crippen MR) is 96.7 cm³/mol. The second kappa shape index (κ2) is 6.91. The number of nitrogens with zero attached hydrogens (tertiary/aromatic N) is 1. The Kier molecular flexibility index (Phi) is 4.67. The number of carbonyl (C=O) groups excluding carboxylic acids is 1. The van der Waals surface area contributed by atoms with Gasteiger partial charge in [-0.1, -0.05) is 41.9 Å². The van der Waals surface area contributed by atoms with Gasteiger partial charge in [0.25, 0.3) is 5.91 Å². The summed E-state index contributed by atoms with van der Waals surface area (Å²) in [6, 6.07) is 14.7. The molecule has 0 aromatic heterocycles. The third kappa shape index (κ3) is 3.61. The number of hydrazone groups is 1. The van der Waals surface area contributed by atoms with Crippen LogP contribution in [0.15, 0.2) is 59.7 Å². The van der Waals surface area contributed by atoms with Crippen LogP contribution in [0.25, 0.3) is 10.8 Å². The summed E-state index contributed by atoms with van der Waals surface area (Å²) in [4.78, 5) is 12.3. The third-order valence-electron chi connectivity index (χ3n) is 3.77. The van der Waals surface area contributed by atoms with Gasteiger partial charge in [0, 0.05) is 0 Å². The van der Waals surface area contributed by atoms with E-state index < -0.39 is 11.7 Å². The van der Waals surface area contributed by atoms with Crippen molar-refractivity contribution in [1.29, 1.82) is 0 Å². The maximum atomic E-state index is 13.2. The minimum atomic E-state index is -0.546. The number of hydrogen-bond donors (Lipinski definition) is 2. The van der Waals surface area contributed by atoms with E-state index >= 15 is 0 Å². The van der Waals surface area contributed by atoms with Crippen molar-refractivity contribution in [3.05, 3.63) is 76.6 Å². The van der Waals surface area contributed by atoms with Gasteiger partial charge in [-0.3, -0.25) is 4.79 Å². The number of amides is 1. The number of phenols is 1. The van der Waals surface area contributed by atoms with E-state index in [1.807, 2.05) is 24.3 Å². The lowest BCUT2D eigenvalue weighted by Crippen LogP contribution is -2.19. The zero-order valence-corrected chi connectivity index (χ0v) is 14.0. The molecule has 25 heavy (non-hydrogen) atoms. The van der Waals surface area contributed by atoms with Crippen LogP contribution in [0.4, 0.5) is 4.39 Å². The van der Waals surface area contributed by atoms with Crippen LogP contribution in [0.3, 0.4) is 0 Å². The standard InChI is InChI=1S/C19H14ClFN2O2/c1-11(12-6-7-17(21)16(20)9-12)22-23-19(25)15-8-13-4-2-3-5-14(13)10-18(15)24/h2-10,24H,1H3,(H,23,25)/b22-11-. The summed E-state index contributed by atoms with van der Waals surface area (Å²) < 4.78 is 13.2. The molecule has 1 amide bonds. The molecule has 0 aliphatic rings. The fourth-order valence-corrected chi connectivity index (χ4v) is 2.57. The molecule has 0 aliphatic heterocycles. The summed E-state index contributed by atoms with van der Waals surface area (Å²) >= 11 is 5.74. The van der Waals surface area contributed by atoms with Crippen LogP contribution < -0.4 is 5.43 Å². The molecular weight excluding hydrogens is 343 g/mol. The van der Waals surface area contributed by atoms with E-state index in [2.05, 4.69) is 10.5 Å². The van der Waals surface area contributed by atoms with Gasteiger partial charge in [-0.2, -0.15) is 5.10 Å². The molecule has 2 N–H and O–H groups in total. The normalized spacial score (nSPS) is 11.6. The number of hydrogen-bond acceptors (Lipinski definition) is 3.